The number of likely N-dealkylation sites (N-methyl/N-ethyl adjacent to an activating group) is 1. The fraction of sp³-hybridized carbons (Fsp3) is 0.500. The van der Waals surface area contributed by atoms with E-state index in [1.54, 1.807) is 18.2 Å². The van der Waals surface area contributed by atoms with Gasteiger partial charge in [0.05, 0.1) is 11.8 Å². The molecule has 30 heavy (non-hydrogen) atoms. The number of carbonyl (C=O) groups excluding carboxylic acids is 1. The van der Waals surface area contributed by atoms with E-state index in [4.69, 9.17) is 4.42 Å². The third kappa shape index (κ3) is 4.50. The third-order valence-electron chi connectivity index (χ3n) is 5.74. The number of nitrogens with zero attached hydrogens (tertiary/aromatic N) is 4. The summed E-state index contributed by atoms with van der Waals surface area (Å²) >= 11 is 0. The second kappa shape index (κ2) is 8.75. The summed E-state index contributed by atoms with van der Waals surface area (Å²) in [6.45, 7) is 3.75. The van der Waals surface area contributed by atoms with Gasteiger partial charge in [0.2, 0.25) is 10.0 Å². The Hall–Kier alpha value is -2.43. The summed E-state index contributed by atoms with van der Waals surface area (Å²) < 4.78 is 32.1. The number of furan rings is 1. The Kier molecular flexibility index (Phi) is 6.07. The lowest BCUT2D eigenvalue weighted by Gasteiger charge is -2.32. The number of sulfonamides is 1. The molecule has 0 saturated carbocycles. The molecular formula is C20H27N5O4S. The van der Waals surface area contributed by atoms with Gasteiger partial charge in [-0.2, -0.15) is 4.31 Å². The molecule has 2 aliphatic heterocycles. The van der Waals surface area contributed by atoms with E-state index < -0.39 is 10.0 Å². The Bertz CT molecular complexity index is 946. The minimum absolute atomic E-state index is 0.0150. The summed E-state index contributed by atoms with van der Waals surface area (Å²) in [7, 11) is -1.52. The number of aromatic nitrogens is 1. The van der Waals surface area contributed by atoms with Crippen LogP contribution in [0.3, 0.4) is 0 Å². The van der Waals surface area contributed by atoms with Crippen LogP contribution in [0, 0.1) is 0 Å². The number of carbonyl (C=O) groups is 1. The molecule has 0 atom stereocenters. The largest absolute Gasteiger partial charge is 0.472 e. The average Bonchev–Trinajstić information content (AvgIpc) is 3.29. The Morgan fingerprint density at radius 2 is 1.83 bits per heavy atom. The highest BCUT2D eigenvalue weighted by Crippen LogP contribution is 2.20. The zero-order valence-corrected chi connectivity index (χ0v) is 17.8. The zero-order valence-electron chi connectivity index (χ0n) is 17.0. The van der Waals surface area contributed by atoms with Crippen molar-refractivity contribution < 1.29 is 17.6 Å². The van der Waals surface area contributed by atoms with Gasteiger partial charge in [0, 0.05) is 51.5 Å². The number of hydrogen-bond donors (Lipinski definition) is 1. The summed E-state index contributed by atoms with van der Waals surface area (Å²) in [6.07, 6.45) is 5.99. The van der Waals surface area contributed by atoms with Gasteiger partial charge in [0.15, 0.2) is 0 Å². The van der Waals surface area contributed by atoms with Crippen molar-refractivity contribution in [2.75, 3.05) is 51.6 Å². The Morgan fingerprint density at radius 1 is 1.10 bits per heavy atom. The quantitative estimate of drug-likeness (QED) is 0.759. The standard InChI is InChI=1S/C20H27N5O4S/c1-23-9-11-25(12-10-23)30(27,28)18-2-3-19(21-14-18)22-17-4-7-24(8-5-17)20(26)16-6-13-29-15-16/h2-3,6,13-15,17H,4-5,7-12H2,1H3,(H,21,22). The van der Waals surface area contributed by atoms with Crippen LogP contribution in [0.25, 0.3) is 0 Å². The van der Waals surface area contributed by atoms with E-state index in [0.29, 0.717) is 37.6 Å². The maximum Gasteiger partial charge on any atom is 0.257 e. The molecule has 2 fully saturated rings. The predicted octanol–water partition coefficient (Wildman–Crippen LogP) is 1.33. The van der Waals surface area contributed by atoms with E-state index in [1.807, 2.05) is 11.9 Å². The van der Waals surface area contributed by atoms with Crippen LogP contribution in [0.15, 0.2) is 46.2 Å². The van der Waals surface area contributed by atoms with Gasteiger partial charge in [0.25, 0.3) is 5.91 Å². The maximum atomic E-state index is 12.8. The molecule has 2 aromatic heterocycles. The SMILES string of the molecule is CN1CCN(S(=O)(=O)c2ccc(NC3CCN(C(=O)c4ccoc4)CC3)nc2)CC1. The van der Waals surface area contributed by atoms with Gasteiger partial charge in [-0.05, 0) is 38.1 Å². The molecule has 0 aromatic carbocycles. The van der Waals surface area contributed by atoms with Crippen LogP contribution in [-0.2, 0) is 10.0 Å². The van der Waals surface area contributed by atoms with E-state index in [-0.39, 0.29) is 16.8 Å². The van der Waals surface area contributed by atoms with Crippen molar-refractivity contribution in [1.29, 1.82) is 0 Å². The predicted molar refractivity (Wildman–Crippen MR) is 112 cm³/mol. The molecule has 0 radical (unpaired) electrons. The fourth-order valence-electron chi connectivity index (χ4n) is 3.80. The fourth-order valence-corrected chi connectivity index (χ4v) is 5.17. The molecule has 1 amide bonds. The number of pyridine rings is 1. The van der Waals surface area contributed by atoms with Crippen LogP contribution in [0.2, 0.25) is 0 Å². The van der Waals surface area contributed by atoms with Crippen molar-refractivity contribution >= 4 is 21.7 Å². The lowest BCUT2D eigenvalue weighted by Crippen LogP contribution is -2.47. The summed E-state index contributed by atoms with van der Waals surface area (Å²) in [6, 6.07) is 5.19. The maximum absolute atomic E-state index is 12.8. The van der Waals surface area contributed by atoms with Crippen molar-refractivity contribution in [1.82, 2.24) is 19.1 Å². The van der Waals surface area contributed by atoms with Crippen LogP contribution < -0.4 is 5.32 Å². The van der Waals surface area contributed by atoms with Gasteiger partial charge in [-0.15, -0.1) is 0 Å². The second-order valence-corrected chi connectivity index (χ2v) is 9.75. The number of nitrogens with one attached hydrogen (secondary N) is 1. The molecule has 0 aliphatic carbocycles. The van der Waals surface area contributed by atoms with E-state index in [0.717, 1.165) is 25.9 Å². The lowest BCUT2D eigenvalue weighted by molar-refractivity contribution is 0.0717. The molecule has 1 N–H and O–H groups in total. The first kappa shape index (κ1) is 20.8. The molecule has 10 heteroatoms. The molecular weight excluding hydrogens is 406 g/mol. The highest BCUT2D eigenvalue weighted by atomic mass is 32.2. The highest BCUT2D eigenvalue weighted by Gasteiger charge is 2.28. The van der Waals surface area contributed by atoms with Crippen LogP contribution in [0.5, 0.6) is 0 Å². The van der Waals surface area contributed by atoms with Gasteiger partial charge in [-0.25, -0.2) is 13.4 Å². The normalized spacial score (nSPS) is 19.7. The van der Waals surface area contributed by atoms with E-state index in [2.05, 4.69) is 15.2 Å². The number of anilines is 1. The molecule has 2 aromatic rings. The Morgan fingerprint density at radius 3 is 2.43 bits per heavy atom. The van der Waals surface area contributed by atoms with Gasteiger partial charge < -0.3 is 19.5 Å². The molecule has 0 bridgehead atoms. The smallest absolute Gasteiger partial charge is 0.257 e. The van der Waals surface area contributed by atoms with Crippen molar-refractivity contribution in [2.24, 2.45) is 0 Å². The highest BCUT2D eigenvalue weighted by molar-refractivity contribution is 7.89. The van der Waals surface area contributed by atoms with Crippen LogP contribution in [0.1, 0.15) is 23.2 Å². The summed E-state index contributed by atoms with van der Waals surface area (Å²) in [5.74, 6) is 0.630. The van der Waals surface area contributed by atoms with Crippen LogP contribution in [0.4, 0.5) is 5.82 Å². The van der Waals surface area contributed by atoms with E-state index in [1.165, 1.54) is 23.0 Å². The van der Waals surface area contributed by atoms with Gasteiger partial charge >= 0.3 is 0 Å². The number of piperidine rings is 1. The summed E-state index contributed by atoms with van der Waals surface area (Å²) in [5, 5.41) is 3.36. The number of amides is 1. The Balaban J connectivity index is 1.31. The molecule has 0 spiro atoms. The molecule has 2 aliphatic rings. The molecule has 2 saturated heterocycles. The minimum Gasteiger partial charge on any atom is -0.472 e. The molecule has 0 unspecified atom stereocenters. The van der Waals surface area contributed by atoms with Crippen LogP contribution in [-0.4, -0.2) is 85.8 Å². The first-order valence-electron chi connectivity index (χ1n) is 10.2. The second-order valence-electron chi connectivity index (χ2n) is 7.81. The first-order chi connectivity index (χ1) is 14.4. The molecule has 162 valence electrons. The first-order valence-corrected chi connectivity index (χ1v) is 11.6. The van der Waals surface area contributed by atoms with E-state index >= 15 is 0 Å². The monoisotopic (exact) mass is 433 g/mol. The average molecular weight is 434 g/mol. The number of rotatable bonds is 5. The molecule has 9 nitrogen and oxygen atoms in total. The number of likely N-dealkylation sites (tertiary alicyclic amines) is 1. The third-order valence-corrected chi connectivity index (χ3v) is 7.62. The van der Waals surface area contributed by atoms with Crippen LogP contribution >= 0.6 is 0 Å². The topological polar surface area (TPSA) is 99.0 Å². The zero-order chi connectivity index (χ0) is 21.1. The lowest BCUT2D eigenvalue weighted by atomic mass is 10.0. The van der Waals surface area contributed by atoms with Gasteiger partial charge in [0.1, 0.15) is 17.0 Å². The van der Waals surface area contributed by atoms with Gasteiger partial charge in [-0.3, -0.25) is 4.79 Å². The number of piperazine rings is 1. The van der Waals surface area contributed by atoms with Crippen molar-refractivity contribution in [2.45, 2.75) is 23.8 Å². The van der Waals surface area contributed by atoms with Crippen molar-refractivity contribution in [3.63, 3.8) is 0 Å². The summed E-state index contributed by atoms with van der Waals surface area (Å²) in [5.41, 5.74) is 0.570. The van der Waals surface area contributed by atoms with Gasteiger partial charge in [-0.1, -0.05) is 0 Å². The summed E-state index contributed by atoms with van der Waals surface area (Å²) in [4.78, 5) is 20.9. The molecule has 4 heterocycles. The van der Waals surface area contributed by atoms with Crippen molar-refractivity contribution in [3.8, 4) is 0 Å². The minimum atomic E-state index is -3.51. The Labute approximate surface area is 176 Å². The van der Waals surface area contributed by atoms with E-state index in [9.17, 15) is 13.2 Å². The molecule has 4 rings (SSSR count). The van der Waals surface area contributed by atoms with Crippen molar-refractivity contribution in [3.05, 3.63) is 42.5 Å². The number of hydrogen-bond acceptors (Lipinski definition) is 7.